The highest BCUT2D eigenvalue weighted by atomic mass is 32.1. The second-order valence-electron chi connectivity index (χ2n) is 6.48. The Labute approximate surface area is 157 Å². The molecule has 0 radical (unpaired) electrons. The van der Waals surface area contributed by atoms with Gasteiger partial charge in [0.05, 0.1) is 16.7 Å². The summed E-state index contributed by atoms with van der Waals surface area (Å²) < 4.78 is 5.96. The number of aryl methyl sites for hydroxylation is 1. The molecule has 1 fully saturated rings. The lowest BCUT2D eigenvalue weighted by atomic mass is 10.0. The molecule has 3 atom stereocenters. The quantitative estimate of drug-likeness (QED) is 0.624. The van der Waals surface area contributed by atoms with Crippen molar-refractivity contribution in [2.75, 3.05) is 0 Å². The maximum absolute atomic E-state index is 12.2. The molecular formula is C20H24N2O3S. The Hall–Kier alpha value is -2.18. The minimum atomic E-state index is -0.739. The molecule has 0 unspecified atom stereocenters. The number of aromatic nitrogens is 1. The number of para-hydroxylation sites is 1. The van der Waals surface area contributed by atoms with Gasteiger partial charge in [0.15, 0.2) is 0 Å². The maximum Gasteiger partial charge on any atom is 0.244 e. The number of hydrogen-bond acceptors (Lipinski definition) is 5. The van der Waals surface area contributed by atoms with Gasteiger partial charge in [0, 0.05) is 11.5 Å². The van der Waals surface area contributed by atoms with Gasteiger partial charge in [0.25, 0.3) is 0 Å². The number of nitrogens with one attached hydrogen (secondary N) is 1. The topological polar surface area (TPSA) is 71.5 Å². The molecule has 0 bridgehead atoms. The highest BCUT2D eigenvalue weighted by Gasteiger charge is 2.32. The molecule has 6 heteroatoms. The summed E-state index contributed by atoms with van der Waals surface area (Å²) in [5.41, 5.74) is 0.773. The van der Waals surface area contributed by atoms with Crippen LogP contribution in [0.3, 0.4) is 0 Å². The second kappa shape index (κ2) is 8.96. The molecule has 1 saturated carbocycles. The molecule has 0 aliphatic heterocycles. The number of ether oxygens (including phenoxy) is 1. The zero-order valence-corrected chi connectivity index (χ0v) is 15.6. The summed E-state index contributed by atoms with van der Waals surface area (Å²) in [6.07, 6.45) is 5.54. The average molecular weight is 372 g/mol. The van der Waals surface area contributed by atoms with Crippen LogP contribution in [-0.4, -0.2) is 34.2 Å². The number of thiazole rings is 1. The molecule has 0 spiro atoms. The van der Waals surface area contributed by atoms with Crippen LogP contribution in [0, 0.1) is 6.92 Å². The summed E-state index contributed by atoms with van der Waals surface area (Å²) in [7, 11) is 0. The Morgan fingerprint density at radius 1 is 1.31 bits per heavy atom. The van der Waals surface area contributed by atoms with E-state index in [9.17, 15) is 9.90 Å². The first kappa shape index (κ1) is 18.6. The minimum Gasteiger partial charge on any atom is -0.488 e. The first-order valence-corrected chi connectivity index (χ1v) is 9.80. The van der Waals surface area contributed by atoms with Gasteiger partial charge in [0.2, 0.25) is 5.91 Å². The summed E-state index contributed by atoms with van der Waals surface area (Å²) in [4.78, 5) is 16.5. The average Bonchev–Trinajstić information content (AvgIpc) is 2.99. The van der Waals surface area contributed by atoms with E-state index in [2.05, 4.69) is 10.3 Å². The molecule has 0 saturated heterocycles. The van der Waals surface area contributed by atoms with Gasteiger partial charge in [-0.05, 0) is 44.4 Å². The molecule has 2 aromatic rings. The van der Waals surface area contributed by atoms with Crippen molar-refractivity contribution in [1.82, 2.24) is 10.3 Å². The van der Waals surface area contributed by atoms with Crippen molar-refractivity contribution >= 4 is 23.3 Å². The van der Waals surface area contributed by atoms with Crippen molar-refractivity contribution in [3.63, 3.8) is 0 Å². The molecule has 1 aliphatic carbocycles. The molecule has 5 nitrogen and oxygen atoms in total. The predicted octanol–water partition coefficient (Wildman–Crippen LogP) is 3.33. The fourth-order valence-corrected chi connectivity index (χ4v) is 3.70. The van der Waals surface area contributed by atoms with Gasteiger partial charge in [-0.15, -0.1) is 11.3 Å². The van der Waals surface area contributed by atoms with Crippen LogP contribution in [0.1, 0.15) is 36.4 Å². The third-order valence-electron chi connectivity index (χ3n) is 4.45. The highest BCUT2D eigenvalue weighted by molar-refractivity contribution is 7.09. The normalized spacial score (nSPS) is 23.5. The van der Waals surface area contributed by atoms with Crippen molar-refractivity contribution in [3.05, 3.63) is 52.5 Å². The Balaban J connectivity index is 1.60. The molecule has 1 aromatic heterocycles. The van der Waals surface area contributed by atoms with Crippen molar-refractivity contribution < 1.29 is 14.6 Å². The van der Waals surface area contributed by atoms with E-state index in [1.165, 1.54) is 6.08 Å². The number of carbonyl (C=O) groups excluding carboxylic acids is 1. The van der Waals surface area contributed by atoms with E-state index in [1.807, 2.05) is 42.6 Å². The standard InChI is InChI=1S/C20H24N2O3S/c1-14-21-15(13-26-14)11-12-19(23)22-17-9-5-6-10-18(20(17)24)25-16-7-3-2-4-8-16/h2-4,7-8,11-13,17-18,20,24H,5-6,9-10H2,1H3,(H,22,23)/t17-,18-,20-/m1/s1. The lowest BCUT2D eigenvalue weighted by molar-refractivity contribution is -0.118. The van der Waals surface area contributed by atoms with Gasteiger partial charge in [-0.3, -0.25) is 4.79 Å². The van der Waals surface area contributed by atoms with E-state index in [1.54, 1.807) is 17.4 Å². The number of rotatable bonds is 5. The van der Waals surface area contributed by atoms with E-state index in [-0.39, 0.29) is 18.1 Å². The summed E-state index contributed by atoms with van der Waals surface area (Å²) in [5, 5.41) is 16.5. The number of aliphatic hydroxyl groups is 1. The third-order valence-corrected chi connectivity index (χ3v) is 5.24. The molecule has 26 heavy (non-hydrogen) atoms. The van der Waals surface area contributed by atoms with Crippen LogP contribution < -0.4 is 10.1 Å². The van der Waals surface area contributed by atoms with Crippen molar-refractivity contribution in [2.45, 2.75) is 50.9 Å². The smallest absolute Gasteiger partial charge is 0.244 e. The van der Waals surface area contributed by atoms with Crippen LogP contribution in [0.2, 0.25) is 0 Å². The van der Waals surface area contributed by atoms with Gasteiger partial charge >= 0.3 is 0 Å². The van der Waals surface area contributed by atoms with Crippen LogP contribution in [0.4, 0.5) is 0 Å². The van der Waals surface area contributed by atoms with Gasteiger partial charge < -0.3 is 15.2 Å². The summed E-state index contributed by atoms with van der Waals surface area (Å²) >= 11 is 1.55. The number of carbonyl (C=O) groups is 1. The lowest BCUT2D eigenvalue weighted by Gasteiger charge is -2.28. The second-order valence-corrected chi connectivity index (χ2v) is 7.55. The predicted molar refractivity (Wildman–Crippen MR) is 103 cm³/mol. The largest absolute Gasteiger partial charge is 0.488 e. The fourth-order valence-electron chi connectivity index (χ4n) is 3.12. The Kier molecular flexibility index (Phi) is 6.41. The number of amides is 1. The van der Waals surface area contributed by atoms with E-state index < -0.39 is 6.10 Å². The zero-order chi connectivity index (χ0) is 18.4. The third kappa shape index (κ3) is 5.16. The van der Waals surface area contributed by atoms with Gasteiger partial charge in [-0.25, -0.2) is 4.98 Å². The molecule has 1 heterocycles. The number of nitrogens with zero attached hydrogens (tertiary/aromatic N) is 1. The van der Waals surface area contributed by atoms with Crippen molar-refractivity contribution in [3.8, 4) is 5.75 Å². The molecule has 1 aliphatic rings. The van der Waals surface area contributed by atoms with Crippen LogP contribution in [0.15, 0.2) is 41.8 Å². The zero-order valence-electron chi connectivity index (χ0n) is 14.8. The number of benzene rings is 1. The van der Waals surface area contributed by atoms with Crippen LogP contribution in [0.25, 0.3) is 6.08 Å². The molecule has 1 amide bonds. The van der Waals surface area contributed by atoms with Crippen molar-refractivity contribution in [1.29, 1.82) is 0 Å². The van der Waals surface area contributed by atoms with Crippen LogP contribution in [0.5, 0.6) is 5.75 Å². The summed E-state index contributed by atoms with van der Waals surface area (Å²) in [5.74, 6) is 0.516. The molecule has 2 N–H and O–H groups in total. The van der Waals surface area contributed by atoms with E-state index in [0.29, 0.717) is 0 Å². The van der Waals surface area contributed by atoms with Crippen LogP contribution in [-0.2, 0) is 4.79 Å². The molecular weight excluding hydrogens is 348 g/mol. The van der Waals surface area contributed by atoms with Gasteiger partial charge in [-0.2, -0.15) is 0 Å². The lowest BCUT2D eigenvalue weighted by Crippen LogP contribution is -2.48. The first-order chi connectivity index (χ1) is 12.6. The Morgan fingerprint density at radius 2 is 2.08 bits per heavy atom. The molecule has 3 rings (SSSR count). The molecule has 138 valence electrons. The maximum atomic E-state index is 12.2. The SMILES string of the molecule is Cc1nc(C=CC(=O)N[C@@H]2CCCC[C@@H](Oc3ccccc3)[C@@H]2O)cs1. The Bertz CT molecular complexity index is 745. The minimum absolute atomic E-state index is 0.222. The fraction of sp³-hybridized carbons (Fsp3) is 0.400. The van der Waals surface area contributed by atoms with E-state index >= 15 is 0 Å². The Morgan fingerprint density at radius 3 is 2.81 bits per heavy atom. The summed E-state index contributed by atoms with van der Waals surface area (Å²) in [6, 6.07) is 9.18. The number of hydrogen-bond donors (Lipinski definition) is 2. The highest BCUT2D eigenvalue weighted by Crippen LogP contribution is 2.23. The van der Waals surface area contributed by atoms with Gasteiger partial charge in [-0.1, -0.05) is 24.6 Å². The first-order valence-electron chi connectivity index (χ1n) is 8.92. The summed E-state index contributed by atoms with van der Waals surface area (Å²) in [6.45, 7) is 1.93. The monoisotopic (exact) mass is 372 g/mol. The number of aliphatic hydroxyl groups excluding tert-OH is 1. The molecule has 1 aromatic carbocycles. The van der Waals surface area contributed by atoms with Crippen LogP contribution >= 0.6 is 11.3 Å². The van der Waals surface area contributed by atoms with Gasteiger partial charge in [0.1, 0.15) is 18.0 Å². The van der Waals surface area contributed by atoms with E-state index in [0.717, 1.165) is 42.1 Å². The van der Waals surface area contributed by atoms with Crippen molar-refractivity contribution in [2.24, 2.45) is 0 Å². The van der Waals surface area contributed by atoms with E-state index in [4.69, 9.17) is 4.74 Å².